The summed E-state index contributed by atoms with van der Waals surface area (Å²) in [6, 6.07) is 12.1. The highest BCUT2D eigenvalue weighted by atomic mass is 35.5. The van der Waals surface area contributed by atoms with Crippen molar-refractivity contribution in [2.75, 3.05) is 17.2 Å². The second kappa shape index (κ2) is 18.8. The predicted molar refractivity (Wildman–Crippen MR) is 209 cm³/mol. The zero-order valence-electron chi connectivity index (χ0n) is 30.3. The van der Waals surface area contributed by atoms with Gasteiger partial charge in [0.1, 0.15) is 19.8 Å². The minimum absolute atomic E-state index is 0.00831. The van der Waals surface area contributed by atoms with Gasteiger partial charge in [0.15, 0.2) is 23.1 Å². The van der Waals surface area contributed by atoms with E-state index in [1.807, 2.05) is 41.5 Å². The Hall–Kier alpha value is -4.29. The van der Waals surface area contributed by atoms with Gasteiger partial charge in [0.25, 0.3) is 5.91 Å². The van der Waals surface area contributed by atoms with Crippen molar-refractivity contribution in [1.29, 1.82) is 0 Å². The molecule has 4 aromatic carbocycles. The highest BCUT2D eigenvalue weighted by Crippen LogP contribution is 2.37. The van der Waals surface area contributed by atoms with E-state index in [0.717, 1.165) is 11.1 Å². The molecule has 4 aromatic rings. The maximum Gasteiger partial charge on any atom is 0.333 e. The van der Waals surface area contributed by atoms with Crippen LogP contribution in [0.4, 0.5) is 20.2 Å². The quantitative estimate of drug-likeness (QED) is 0.0802. The second-order valence-corrected chi connectivity index (χ2v) is 14.7. The van der Waals surface area contributed by atoms with Crippen molar-refractivity contribution < 1.29 is 37.4 Å². The predicted octanol–water partition coefficient (Wildman–Crippen LogP) is 10.0. The van der Waals surface area contributed by atoms with Crippen LogP contribution in [0.1, 0.15) is 65.9 Å². The molecule has 0 aliphatic carbocycles. The molecule has 9 nitrogen and oxygen atoms in total. The molecule has 0 heterocycles. The van der Waals surface area contributed by atoms with Crippen molar-refractivity contribution in [1.82, 2.24) is 5.32 Å². The van der Waals surface area contributed by atoms with Crippen molar-refractivity contribution in [3.8, 4) is 11.5 Å². The van der Waals surface area contributed by atoms with E-state index in [4.69, 9.17) is 60.6 Å². The first-order valence-electron chi connectivity index (χ1n) is 16.8. The van der Waals surface area contributed by atoms with Gasteiger partial charge in [-0.1, -0.05) is 46.4 Å². The largest absolute Gasteiger partial charge is 0.486 e. The molecule has 0 saturated heterocycles. The van der Waals surface area contributed by atoms with Crippen molar-refractivity contribution in [3.05, 3.63) is 114 Å². The summed E-state index contributed by atoms with van der Waals surface area (Å²) < 4.78 is 46.4. The molecule has 0 aliphatic heterocycles. The Balaban J connectivity index is 1.30. The summed E-state index contributed by atoms with van der Waals surface area (Å²) in [5.74, 6) is -3.53. The zero-order chi connectivity index (χ0) is 39.9. The number of halogens is 6. The first-order valence-corrected chi connectivity index (χ1v) is 18.3. The number of hydrogen-bond acceptors (Lipinski definition) is 8. The smallest absolute Gasteiger partial charge is 0.333 e. The van der Waals surface area contributed by atoms with Crippen LogP contribution in [-0.4, -0.2) is 36.5 Å². The topological polar surface area (TPSA) is 115 Å². The third-order valence-corrected chi connectivity index (χ3v) is 8.63. The molecule has 0 fully saturated rings. The lowest BCUT2D eigenvalue weighted by molar-refractivity contribution is -0.158. The number of rotatable bonds is 15. The molecule has 1 amide bonds. The molecule has 0 aliphatic rings. The van der Waals surface area contributed by atoms with E-state index in [0.29, 0.717) is 22.5 Å². The van der Waals surface area contributed by atoms with Gasteiger partial charge < -0.3 is 30.2 Å². The number of anilines is 2. The monoisotopic (exact) mass is 823 g/mol. The number of nitrogens with one attached hydrogen (secondary N) is 3. The standard InChI is InChI=1S/C39H39Cl4F2N3O6/c1-19(2)47-31-9-21(5)7-25(35(31)44)17-52-37-27(40)11-23(12-28(37)41)13-33(49)54-34(50)16-46-39(51)24-14-29(42)38(30(43)15-24)53-18-26-8-22(6)10-32(36(26)45)48-20(3)4/h7-12,14-15,19-20,47-48H,13,16-18H2,1-6H3,(H,46,51). The SMILES string of the molecule is Cc1cc(COc2c(Cl)cc(CC(=O)OC(=O)CNC(=O)c3cc(Cl)c(OCc4cc(C)cc(NC(C)C)c4F)c(Cl)c3)cc2Cl)c(F)c(NC(C)C)c1. The van der Waals surface area contributed by atoms with Gasteiger partial charge in [-0.2, -0.15) is 0 Å². The van der Waals surface area contributed by atoms with Gasteiger partial charge in [-0.25, -0.2) is 13.6 Å². The summed E-state index contributed by atoms with van der Waals surface area (Å²) in [5.41, 5.74) is 3.20. The molecule has 0 spiro atoms. The molecule has 0 atom stereocenters. The molecule has 4 rings (SSSR count). The summed E-state index contributed by atoms with van der Waals surface area (Å²) in [7, 11) is 0. The number of aryl methyl sites for hydroxylation is 2. The maximum absolute atomic E-state index is 15.1. The van der Waals surface area contributed by atoms with Crippen LogP contribution >= 0.6 is 46.4 Å². The Labute approximate surface area is 332 Å². The Kier molecular flexibility index (Phi) is 14.8. The van der Waals surface area contributed by atoms with Crippen LogP contribution in [0.2, 0.25) is 20.1 Å². The molecule has 0 bridgehead atoms. The highest BCUT2D eigenvalue weighted by Gasteiger charge is 2.20. The summed E-state index contributed by atoms with van der Waals surface area (Å²) in [4.78, 5) is 37.7. The molecular formula is C39H39Cl4F2N3O6. The number of ether oxygens (including phenoxy) is 3. The lowest BCUT2D eigenvalue weighted by Crippen LogP contribution is -2.32. The highest BCUT2D eigenvalue weighted by molar-refractivity contribution is 6.38. The van der Waals surface area contributed by atoms with Crippen molar-refractivity contribution >= 4 is 75.6 Å². The Morgan fingerprint density at radius 2 is 1.07 bits per heavy atom. The van der Waals surface area contributed by atoms with Crippen molar-refractivity contribution in [2.45, 2.75) is 73.3 Å². The molecule has 0 aromatic heterocycles. The molecule has 0 radical (unpaired) electrons. The van der Waals surface area contributed by atoms with E-state index < -0.39 is 36.0 Å². The first-order chi connectivity index (χ1) is 25.4. The fraction of sp³-hybridized carbons (Fsp3) is 0.308. The van der Waals surface area contributed by atoms with Gasteiger partial charge in [0.2, 0.25) is 0 Å². The normalized spacial score (nSPS) is 11.1. The molecule has 0 unspecified atom stereocenters. The fourth-order valence-electron chi connectivity index (χ4n) is 5.33. The minimum atomic E-state index is -1.04. The molecule has 0 saturated carbocycles. The Bertz CT molecular complexity index is 2020. The fourth-order valence-corrected chi connectivity index (χ4v) is 6.57. The molecule has 15 heteroatoms. The van der Waals surface area contributed by atoms with Crippen molar-refractivity contribution in [3.63, 3.8) is 0 Å². The number of carbonyl (C=O) groups is 3. The number of benzene rings is 4. The van der Waals surface area contributed by atoms with Crippen LogP contribution in [0.5, 0.6) is 11.5 Å². The van der Waals surface area contributed by atoms with E-state index in [1.165, 1.54) is 24.3 Å². The van der Waals surface area contributed by atoms with Gasteiger partial charge in [-0.15, -0.1) is 0 Å². The average molecular weight is 826 g/mol. The van der Waals surface area contributed by atoms with Crippen LogP contribution in [0.25, 0.3) is 0 Å². The van der Waals surface area contributed by atoms with E-state index in [1.54, 1.807) is 24.3 Å². The van der Waals surface area contributed by atoms with Gasteiger partial charge in [0, 0.05) is 28.8 Å². The summed E-state index contributed by atoms with van der Waals surface area (Å²) in [6.45, 7) is 10.2. The van der Waals surface area contributed by atoms with E-state index >= 15 is 8.78 Å². The Morgan fingerprint density at radius 1 is 0.648 bits per heavy atom. The number of hydrogen-bond donors (Lipinski definition) is 3. The van der Waals surface area contributed by atoms with Crippen LogP contribution in [-0.2, 0) is 34.0 Å². The average Bonchev–Trinajstić information content (AvgIpc) is 3.06. The van der Waals surface area contributed by atoms with Gasteiger partial charge >= 0.3 is 11.9 Å². The second-order valence-electron chi connectivity index (χ2n) is 13.1. The molecule has 288 valence electrons. The summed E-state index contributed by atoms with van der Waals surface area (Å²) in [5, 5.41) is 8.52. The van der Waals surface area contributed by atoms with Crippen molar-refractivity contribution in [2.24, 2.45) is 0 Å². The first kappa shape index (κ1) is 42.5. The third kappa shape index (κ3) is 11.6. The van der Waals surface area contributed by atoms with Gasteiger partial charge in [-0.3, -0.25) is 9.59 Å². The zero-order valence-corrected chi connectivity index (χ0v) is 33.3. The number of amides is 1. The van der Waals surface area contributed by atoms with Gasteiger partial charge in [-0.05, 0) is 107 Å². The lowest BCUT2D eigenvalue weighted by Gasteiger charge is -2.16. The van der Waals surface area contributed by atoms with Crippen LogP contribution in [0.3, 0.4) is 0 Å². The van der Waals surface area contributed by atoms with E-state index in [9.17, 15) is 14.4 Å². The van der Waals surface area contributed by atoms with Gasteiger partial charge in [0.05, 0.1) is 37.9 Å². The lowest BCUT2D eigenvalue weighted by atomic mass is 10.1. The molecule has 54 heavy (non-hydrogen) atoms. The van der Waals surface area contributed by atoms with Crippen LogP contribution in [0.15, 0.2) is 48.5 Å². The number of carbonyl (C=O) groups excluding carboxylic acids is 3. The third-order valence-electron chi connectivity index (χ3n) is 7.50. The molecule has 3 N–H and O–H groups in total. The Morgan fingerprint density at radius 3 is 1.50 bits per heavy atom. The molecular weight excluding hydrogens is 786 g/mol. The summed E-state index contributed by atoms with van der Waals surface area (Å²) >= 11 is 25.5. The van der Waals surface area contributed by atoms with Crippen LogP contribution in [0, 0.1) is 25.5 Å². The number of esters is 2. The van der Waals surface area contributed by atoms with Crippen LogP contribution < -0.4 is 25.4 Å². The van der Waals surface area contributed by atoms with E-state index in [2.05, 4.69) is 16.0 Å². The maximum atomic E-state index is 15.1. The summed E-state index contributed by atoms with van der Waals surface area (Å²) in [6.07, 6.45) is -0.384. The van der Waals surface area contributed by atoms with E-state index in [-0.39, 0.29) is 74.4 Å². The minimum Gasteiger partial charge on any atom is -0.486 e.